The van der Waals surface area contributed by atoms with Gasteiger partial charge in [0.1, 0.15) is 0 Å². The Morgan fingerprint density at radius 3 is 2.64 bits per heavy atom. The van der Waals surface area contributed by atoms with Crippen molar-refractivity contribution in [3.63, 3.8) is 0 Å². The van der Waals surface area contributed by atoms with E-state index >= 15 is 0 Å². The number of aliphatic carboxylic acids is 1. The van der Waals surface area contributed by atoms with Crippen LogP contribution in [0, 0.1) is 17.8 Å². The molecule has 1 aliphatic heterocycles. The molecule has 1 heterocycles. The van der Waals surface area contributed by atoms with E-state index in [9.17, 15) is 9.90 Å². The van der Waals surface area contributed by atoms with Crippen LogP contribution in [0.1, 0.15) is 33.1 Å². The van der Waals surface area contributed by atoms with Crippen molar-refractivity contribution in [2.75, 3.05) is 0 Å². The Labute approximate surface area is 83.4 Å². The van der Waals surface area contributed by atoms with E-state index in [-0.39, 0.29) is 11.5 Å². The number of carboxylic acids is 1. The largest absolute Gasteiger partial charge is 0.479 e. The van der Waals surface area contributed by atoms with E-state index in [4.69, 9.17) is 4.74 Å². The summed E-state index contributed by atoms with van der Waals surface area (Å²) < 4.78 is 5.83. The topological polar surface area (TPSA) is 46.5 Å². The van der Waals surface area contributed by atoms with Gasteiger partial charge in [0.2, 0.25) is 0 Å². The van der Waals surface area contributed by atoms with Crippen molar-refractivity contribution < 1.29 is 14.6 Å². The van der Waals surface area contributed by atoms with Crippen LogP contribution >= 0.6 is 0 Å². The SMILES string of the molecule is CC1(C)OC2(C(=O)O)CC3CCC2C31. The minimum Gasteiger partial charge on any atom is -0.479 e. The molecule has 0 spiro atoms. The highest BCUT2D eigenvalue weighted by Crippen LogP contribution is 2.66. The Kier molecular flexibility index (Phi) is 1.34. The molecular formula is C11H16O3. The average Bonchev–Trinajstić information content (AvgIpc) is 2.63. The van der Waals surface area contributed by atoms with Crippen molar-refractivity contribution in [3.8, 4) is 0 Å². The maximum Gasteiger partial charge on any atom is 0.336 e. The van der Waals surface area contributed by atoms with Crippen LogP contribution in [-0.4, -0.2) is 22.3 Å². The first kappa shape index (κ1) is 8.72. The molecule has 4 unspecified atom stereocenters. The second-order valence-corrected chi connectivity index (χ2v) is 5.57. The Hall–Kier alpha value is -0.570. The summed E-state index contributed by atoms with van der Waals surface area (Å²) in [5.41, 5.74) is -1.04. The van der Waals surface area contributed by atoms with E-state index in [0.29, 0.717) is 11.8 Å². The average molecular weight is 196 g/mol. The van der Waals surface area contributed by atoms with Crippen LogP contribution in [0.3, 0.4) is 0 Å². The van der Waals surface area contributed by atoms with Gasteiger partial charge in [-0.1, -0.05) is 0 Å². The predicted octanol–water partition coefficient (Wildman–Crippen LogP) is 1.66. The molecule has 3 fully saturated rings. The zero-order chi connectivity index (χ0) is 10.1. The van der Waals surface area contributed by atoms with E-state index < -0.39 is 11.6 Å². The van der Waals surface area contributed by atoms with Gasteiger partial charge in [-0.3, -0.25) is 0 Å². The first-order valence-electron chi connectivity index (χ1n) is 5.41. The Morgan fingerprint density at radius 2 is 2.14 bits per heavy atom. The van der Waals surface area contributed by atoms with Crippen LogP contribution in [0.4, 0.5) is 0 Å². The first-order valence-corrected chi connectivity index (χ1v) is 5.41. The van der Waals surface area contributed by atoms with Crippen LogP contribution in [0.5, 0.6) is 0 Å². The summed E-state index contributed by atoms with van der Waals surface area (Å²) in [5, 5.41) is 9.32. The summed E-state index contributed by atoms with van der Waals surface area (Å²) in [5.74, 6) is 0.624. The number of hydrogen-bond donors (Lipinski definition) is 1. The van der Waals surface area contributed by atoms with Gasteiger partial charge >= 0.3 is 5.97 Å². The van der Waals surface area contributed by atoms with Gasteiger partial charge in [-0.2, -0.15) is 0 Å². The van der Waals surface area contributed by atoms with E-state index in [0.717, 1.165) is 12.8 Å². The van der Waals surface area contributed by atoms with Gasteiger partial charge in [0.05, 0.1) is 5.60 Å². The molecule has 14 heavy (non-hydrogen) atoms. The maximum absolute atomic E-state index is 11.3. The van der Waals surface area contributed by atoms with Crippen molar-refractivity contribution in [1.29, 1.82) is 0 Å². The monoisotopic (exact) mass is 196 g/mol. The fourth-order valence-electron chi connectivity index (χ4n) is 4.37. The summed E-state index contributed by atoms with van der Waals surface area (Å²) in [6, 6.07) is 0. The molecule has 1 N–H and O–H groups in total. The van der Waals surface area contributed by atoms with Crippen LogP contribution in [-0.2, 0) is 9.53 Å². The zero-order valence-electron chi connectivity index (χ0n) is 8.62. The highest BCUT2D eigenvalue weighted by Gasteiger charge is 2.72. The molecule has 0 aromatic heterocycles. The summed E-state index contributed by atoms with van der Waals surface area (Å²) in [6.45, 7) is 4.10. The van der Waals surface area contributed by atoms with Crippen molar-refractivity contribution >= 4 is 5.97 Å². The highest BCUT2D eigenvalue weighted by molar-refractivity contribution is 5.79. The third kappa shape index (κ3) is 0.724. The Balaban J connectivity index is 2.08. The number of carboxylic acid groups (broad SMARTS) is 1. The molecule has 0 amide bonds. The molecule has 0 aromatic rings. The lowest BCUT2D eigenvalue weighted by molar-refractivity contribution is -0.189. The zero-order valence-corrected chi connectivity index (χ0v) is 8.62. The quantitative estimate of drug-likeness (QED) is 0.693. The minimum absolute atomic E-state index is 0.220. The molecule has 3 rings (SSSR count). The molecule has 2 saturated carbocycles. The summed E-state index contributed by atoms with van der Waals surface area (Å²) in [4.78, 5) is 11.3. The third-order valence-electron chi connectivity index (χ3n) is 4.56. The van der Waals surface area contributed by atoms with E-state index in [1.165, 1.54) is 6.42 Å². The van der Waals surface area contributed by atoms with Gasteiger partial charge in [-0.25, -0.2) is 4.79 Å². The van der Waals surface area contributed by atoms with Crippen molar-refractivity contribution in [2.24, 2.45) is 17.8 Å². The smallest absolute Gasteiger partial charge is 0.336 e. The van der Waals surface area contributed by atoms with Gasteiger partial charge in [0.15, 0.2) is 5.60 Å². The molecule has 3 aliphatic rings. The van der Waals surface area contributed by atoms with Gasteiger partial charge < -0.3 is 9.84 Å². The van der Waals surface area contributed by atoms with Gasteiger partial charge in [0.25, 0.3) is 0 Å². The lowest BCUT2D eigenvalue weighted by Gasteiger charge is -2.38. The van der Waals surface area contributed by atoms with E-state index in [1.807, 2.05) is 13.8 Å². The number of rotatable bonds is 1. The molecule has 78 valence electrons. The van der Waals surface area contributed by atoms with E-state index in [2.05, 4.69) is 0 Å². The molecule has 2 aliphatic carbocycles. The fraction of sp³-hybridized carbons (Fsp3) is 0.909. The second kappa shape index (κ2) is 2.16. The Bertz CT molecular complexity index is 310. The molecule has 4 atom stereocenters. The fourth-order valence-corrected chi connectivity index (χ4v) is 4.37. The van der Waals surface area contributed by atoms with Crippen LogP contribution in [0.25, 0.3) is 0 Å². The van der Waals surface area contributed by atoms with E-state index in [1.54, 1.807) is 0 Å². The molecule has 0 aromatic carbocycles. The van der Waals surface area contributed by atoms with Crippen molar-refractivity contribution in [3.05, 3.63) is 0 Å². The van der Waals surface area contributed by atoms with Gasteiger partial charge in [-0.15, -0.1) is 0 Å². The molecule has 0 radical (unpaired) electrons. The summed E-state index contributed by atoms with van der Waals surface area (Å²) >= 11 is 0. The van der Waals surface area contributed by atoms with Gasteiger partial charge in [0, 0.05) is 5.92 Å². The number of ether oxygens (including phenoxy) is 1. The molecule has 4 bridgehead atoms. The second-order valence-electron chi connectivity index (χ2n) is 5.57. The van der Waals surface area contributed by atoms with Crippen molar-refractivity contribution in [1.82, 2.24) is 0 Å². The molecule has 1 saturated heterocycles. The summed E-state index contributed by atoms with van der Waals surface area (Å²) in [6.07, 6.45) is 3.00. The lowest BCUT2D eigenvalue weighted by Crippen LogP contribution is -2.48. The van der Waals surface area contributed by atoms with Crippen LogP contribution < -0.4 is 0 Å². The van der Waals surface area contributed by atoms with Crippen LogP contribution in [0.15, 0.2) is 0 Å². The molecular weight excluding hydrogens is 180 g/mol. The van der Waals surface area contributed by atoms with Crippen molar-refractivity contribution in [2.45, 2.75) is 44.3 Å². The normalized spacial score (nSPS) is 52.6. The summed E-state index contributed by atoms with van der Waals surface area (Å²) in [7, 11) is 0. The maximum atomic E-state index is 11.3. The van der Waals surface area contributed by atoms with Crippen LogP contribution in [0.2, 0.25) is 0 Å². The highest BCUT2D eigenvalue weighted by atomic mass is 16.6. The standard InChI is InChI=1S/C11H16O3/c1-10(2)8-6-3-4-7(8)11(5-6,14-10)9(12)13/h6-8H,3-5H2,1-2H3,(H,12,13). The molecule has 3 heteroatoms. The Morgan fingerprint density at radius 1 is 1.43 bits per heavy atom. The molecule has 3 nitrogen and oxygen atoms in total. The lowest BCUT2D eigenvalue weighted by atomic mass is 9.84. The number of hydrogen-bond acceptors (Lipinski definition) is 2. The third-order valence-corrected chi connectivity index (χ3v) is 4.56. The predicted molar refractivity (Wildman–Crippen MR) is 49.9 cm³/mol. The van der Waals surface area contributed by atoms with Gasteiger partial charge in [-0.05, 0) is 44.9 Å². The first-order chi connectivity index (χ1) is 6.47. The minimum atomic E-state index is -0.822. The number of carbonyl (C=O) groups is 1.